The van der Waals surface area contributed by atoms with Crippen molar-refractivity contribution in [3.05, 3.63) is 58.3 Å². The van der Waals surface area contributed by atoms with E-state index in [1.165, 1.54) is 0 Å². The Morgan fingerprint density at radius 2 is 2.16 bits per heavy atom. The minimum absolute atomic E-state index is 0.0576. The highest BCUT2D eigenvalue weighted by molar-refractivity contribution is 5.76. The van der Waals surface area contributed by atoms with Gasteiger partial charge in [-0.1, -0.05) is 12.1 Å². The number of nitrogens with one attached hydrogen (secondary N) is 3. The van der Waals surface area contributed by atoms with Gasteiger partial charge in [0.1, 0.15) is 11.8 Å². The third-order valence-corrected chi connectivity index (χ3v) is 5.15. The van der Waals surface area contributed by atoms with Gasteiger partial charge in [0.05, 0.1) is 12.3 Å². The third-order valence-electron chi connectivity index (χ3n) is 5.15. The Balaban J connectivity index is 1.42. The molecular weight excluding hydrogens is 396 g/mol. The molecule has 0 spiro atoms. The van der Waals surface area contributed by atoms with E-state index in [2.05, 4.69) is 25.6 Å². The number of rotatable bonds is 8. The summed E-state index contributed by atoms with van der Waals surface area (Å²) in [5.74, 6) is 0.119. The summed E-state index contributed by atoms with van der Waals surface area (Å²) in [6, 6.07) is 9.84. The number of nitrogens with two attached hydrogens (primary N) is 2. The number of morpholine rings is 1. The first-order valence-electron chi connectivity index (χ1n) is 10.4. The number of fused-ring (bicyclic) bond motifs is 1. The van der Waals surface area contributed by atoms with Gasteiger partial charge in [0.25, 0.3) is 0 Å². The van der Waals surface area contributed by atoms with Crippen LogP contribution >= 0.6 is 0 Å². The second-order valence-electron chi connectivity index (χ2n) is 7.49. The predicted octanol–water partition coefficient (Wildman–Crippen LogP) is 0.128. The lowest BCUT2D eigenvalue weighted by Crippen LogP contribution is -2.33. The summed E-state index contributed by atoms with van der Waals surface area (Å²) in [6.07, 6.45) is 2.62. The van der Waals surface area contributed by atoms with Crippen LogP contribution in [0.25, 0.3) is 16.7 Å². The molecule has 1 unspecified atom stereocenters. The van der Waals surface area contributed by atoms with Crippen molar-refractivity contribution in [2.75, 3.05) is 32.8 Å². The summed E-state index contributed by atoms with van der Waals surface area (Å²) in [6.45, 7) is 4.40. The highest BCUT2D eigenvalue weighted by Crippen LogP contribution is 2.22. The lowest BCUT2D eigenvalue weighted by molar-refractivity contribution is 0.0254. The van der Waals surface area contributed by atoms with E-state index in [0.717, 1.165) is 54.9 Å². The van der Waals surface area contributed by atoms with Crippen LogP contribution in [-0.4, -0.2) is 53.3 Å². The molecule has 1 fully saturated rings. The topological polar surface area (TPSA) is 148 Å². The molecule has 10 heteroatoms. The number of nitrogens with zero attached hydrogens (tertiary/aromatic N) is 3. The van der Waals surface area contributed by atoms with Gasteiger partial charge < -0.3 is 31.8 Å². The van der Waals surface area contributed by atoms with Gasteiger partial charge >= 0.3 is 5.69 Å². The fourth-order valence-electron chi connectivity index (χ4n) is 3.56. The third kappa shape index (κ3) is 5.29. The van der Waals surface area contributed by atoms with E-state index in [1.54, 1.807) is 4.57 Å². The minimum atomic E-state index is -0.325. The van der Waals surface area contributed by atoms with Gasteiger partial charge in [0, 0.05) is 43.5 Å². The molecule has 1 atom stereocenters. The number of hydrogen-bond donors (Lipinski definition) is 5. The molecule has 31 heavy (non-hydrogen) atoms. The molecule has 0 bridgehead atoms. The van der Waals surface area contributed by atoms with Crippen LogP contribution in [0, 0.1) is 0 Å². The number of benzene rings is 1. The number of ether oxygens (including phenoxy) is 1. The van der Waals surface area contributed by atoms with Crippen LogP contribution in [0.3, 0.4) is 0 Å². The van der Waals surface area contributed by atoms with Crippen molar-refractivity contribution in [2.24, 2.45) is 16.5 Å². The molecule has 0 amide bonds. The van der Waals surface area contributed by atoms with E-state index >= 15 is 0 Å². The molecule has 0 saturated carbocycles. The standard InChI is InChI=1S/C21H28N8O2/c22-20(23)26-7-1-6-24-11-14-2-4-16(5-3-14)29-13-15-10-17(18-12-25-8-9-31-18)27-19(15)28-21(29)30/h2-5,10,13,18,24-25H,1,6-9,11-12H2,(H4,22,23,26)(H,27,28,30). The number of aliphatic imine (C=N–C) groups is 1. The van der Waals surface area contributed by atoms with E-state index in [9.17, 15) is 4.79 Å². The Bertz CT molecular complexity index is 1090. The molecule has 1 aliphatic rings. The van der Waals surface area contributed by atoms with Crippen molar-refractivity contribution < 1.29 is 4.74 Å². The number of hydrogen-bond acceptors (Lipinski definition) is 6. The quantitative estimate of drug-likeness (QED) is 0.196. The van der Waals surface area contributed by atoms with E-state index < -0.39 is 0 Å². The molecule has 1 aliphatic heterocycles. The van der Waals surface area contributed by atoms with Gasteiger partial charge in [-0.05, 0) is 36.7 Å². The van der Waals surface area contributed by atoms with Gasteiger partial charge in [0.15, 0.2) is 5.96 Å². The van der Waals surface area contributed by atoms with E-state index in [0.29, 0.717) is 18.8 Å². The number of aromatic nitrogens is 3. The SMILES string of the molecule is NC(N)=NCCCNCc1ccc(-n2cc3cc(C4CNCCO4)[nH]c3nc2=O)cc1. The fourth-order valence-corrected chi connectivity index (χ4v) is 3.56. The second kappa shape index (κ2) is 9.73. The van der Waals surface area contributed by atoms with Gasteiger partial charge in [-0.3, -0.25) is 9.56 Å². The van der Waals surface area contributed by atoms with Crippen molar-refractivity contribution >= 4 is 17.0 Å². The van der Waals surface area contributed by atoms with Crippen molar-refractivity contribution in [3.8, 4) is 5.69 Å². The molecule has 0 aliphatic carbocycles. The van der Waals surface area contributed by atoms with Gasteiger partial charge in [0.2, 0.25) is 0 Å². The number of H-pyrrole nitrogens is 1. The molecular formula is C21H28N8O2. The Morgan fingerprint density at radius 3 is 2.90 bits per heavy atom. The molecule has 1 saturated heterocycles. The number of guanidine groups is 1. The van der Waals surface area contributed by atoms with Crippen LogP contribution < -0.4 is 27.8 Å². The Kier molecular flexibility index (Phi) is 6.60. The smallest absolute Gasteiger partial charge is 0.354 e. The molecule has 0 radical (unpaired) electrons. The summed E-state index contributed by atoms with van der Waals surface area (Å²) in [5, 5.41) is 7.53. The maximum atomic E-state index is 12.6. The average molecular weight is 425 g/mol. The highest BCUT2D eigenvalue weighted by Gasteiger charge is 2.18. The first kappa shape index (κ1) is 21.0. The van der Waals surface area contributed by atoms with Crippen LogP contribution in [0.15, 0.2) is 46.3 Å². The summed E-state index contributed by atoms with van der Waals surface area (Å²) in [4.78, 5) is 24.0. The van der Waals surface area contributed by atoms with Crippen molar-refractivity contribution in [1.29, 1.82) is 0 Å². The van der Waals surface area contributed by atoms with Crippen molar-refractivity contribution in [3.63, 3.8) is 0 Å². The van der Waals surface area contributed by atoms with Crippen molar-refractivity contribution in [2.45, 2.75) is 19.1 Å². The summed E-state index contributed by atoms with van der Waals surface area (Å²) in [7, 11) is 0. The first-order chi connectivity index (χ1) is 15.1. The Hall–Kier alpha value is -3.21. The molecule has 7 N–H and O–H groups in total. The van der Waals surface area contributed by atoms with Gasteiger partial charge in [-0.2, -0.15) is 4.98 Å². The van der Waals surface area contributed by atoms with E-state index in [-0.39, 0.29) is 17.8 Å². The molecule has 4 rings (SSSR count). The maximum absolute atomic E-state index is 12.6. The maximum Gasteiger partial charge on any atom is 0.354 e. The fraction of sp³-hybridized carbons (Fsp3) is 0.381. The Labute approximate surface area is 179 Å². The predicted molar refractivity (Wildman–Crippen MR) is 120 cm³/mol. The lowest BCUT2D eigenvalue weighted by atomic mass is 10.2. The largest absolute Gasteiger partial charge is 0.370 e. The lowest BCUT2D eigenvalue weighted by Gasteiger charge is -2.22. The van der Waals surface area contributed by atoms with Crippen LogP contribution in [0.1, 0.15) is 23.8 Å². The monoisotopic (exact) mass is 424 g/mol. The molecule has 3 aromatic rings. The molecule has 164 valence electrons. The van der Waals surface area contributed by atoms with Crippen molar-refractivity contribution in [1.82, 2.24) is 25.2 Å². The van der Waals surface area contributed by atoms with Gasteiger partial charge in [-0.25, -0.2) is 4.79 Å². The normalized spacial score (nSPS) is 16.5. The zero-order valence-corrected chi connectivity index (χ0v) is 17.3. The zero-order chi connectivity index (χ0) is 21.6. The molecule has 1 aromatic carbocycles. The summed E-state index contributed by atoms with van der Waals surface area (Å²) < 4.78 is 7.35. The van der Waals surface area contributed by atoms with Crippen LogP contribution in [0.2, 0.25) is 0 Å². The second-order valence-corrected chi connectivity index (χ2v) is 7.49. The zero-order valence-electron chi connectivity index (χ0n) is 17.3. The summed E-state index contributed by atoms with van der Waals surface area (Å²) in [5.41, 5.74) is 13.7. The minimum Gasteiger partial charge on any atom is -0.370 e. The van der Waals surface area contributed by atoms with E-state index in [4.69, 9.17) is 16.2 Å². The molecule has 2 aromatic heterocycles. The molecule has 10 nitrogen and oxygen atoms in total. The van der Waals surface area contributed by atoms with Gasteiger partial charge in [-0.15, -0.1) is 0 Å². The highest BCUT2D eigenvalue weighted by atomic mass is 16.5. The first-order valence-corrected chi connectivity index (χ1v) is 10.4. The van der Waals surface area contributed by atoms with E-state index in [1.807, 2.05) is 36.5 Å². The number of aromatic amines is 1. The van der Waals surface area contributed by atoms with Crippen LogP contribution in [0.4, 0.5) is 0 Å². The Morgan fingerprint density at radius 1 is 1.32 bits per heavy atom. The van der Waals surface area contributed by atoms with Crippen LogP contribution in [0.5, 0.6) is 0 Å². The average Bonchev–Trinajstić information content (AvgIpc) is 3.19. The van der Waals surface area contributed by atoms with Crippen LogP contribution in [-0.2, 0) is 11.3 Å². The molecule has 3 heterocycles. The summed E-state index contributed by atoms with van der Waals surface area (Å²) >= 11 is 0.